The Morgan fingerprint density at radius 3 is 2.42 bits per heavy atom. The average Bonchev–Trinajstić information content (AvgIpc) is 2.59. The number of azide groups is 1. The van der Waals surface area contributed by atoms with Gasteiger partial charge in [-0.15, -0.1) is 0 Å². The van der Waals surface area contributed by atoms with E-state index in [1.165, 1.54) is 0 Å². The Morgan fingerprint density at radius 2 is 1.88 bits per heavy atom. The lowest BCUT2D eigenvalue weighted by molar-refractivity contribution is 0.0198. The van der Waals surface area contributed by atoms with Crippen molar-refractivity contribution in [1.82, 2.24) is 10.2 Å². The molecule has 0 aliphatic carbocycles. The number of piperidine rings is 1. The molecule has 1 heterocycles. The first kappa shape index (κ1) is 19.8. The van der Waals surface area contributed by atoms with Gasteiger partial charge in [0.1, 0.15) is 5.60 Å². The molecule has 1 aromatic carbocycles. The lowest BCUT2D eigenvalue weighted by Crippen LogP contribution is -2.47. The number of nitrogens with zero attached hydrogens (tertiary/aromatic N) is 4. The molecule has 0 bridgehead atoms. The number of hydrogen-bond donors (Lipinski definition) is 1. The van der Waals surface area contributed by atoms with Gasteiger partial charge in [-0.2, -0.15) is 0 Å². The Morgan fingerprint density at radius 1 is 1.27 bits per heavy atom. The third kappa shape index (κ3) is 6.06. The molecule has 0 aromatic heterocycles. The predicted molar refractivity (Wildman–Crippen MR) is 98.4 cm³/mol. The molecular formula is C18H25N5O3. The summed E-state index contributed by atoms with van der Waals surface area (Å²) < 4.78 is 5.38. The number of ether oxygens (including phenoxy) is 1. The maximum Gasteiger partial charge on any atom is 0.410 e. The SMILES string of the molecule is CC(C)(C)OC(=O)N1CCC(NCC(=O)c2ccc(N=[N+]=[N-])cc2)CC1. The molecule has 140 valence electrons. The number of rotatable bonds is 5. The van der Waals surface area contributed by atoms with Gasteiger partial charge >= 0.3 is 6.09 Å². The molecule has 1 fully saturated rings. The highest BCUT2D eigenvalue weighted by molar-refractivity contribution is 5.97. The zero-order valence-corrected chi connectivity index (χ0v) is 15.4. The molecule has 0 radical (unpaired) electrons. The molecule has 1 aliphatic heterocycles. The van der Waals surface area contributed by atoms with E-state index >= 15 is 0 Å². The second-order valence-corrected chi connectivity index (χ2v) is 7.28. The van der Waals surface area contributed by atoms with Crippen molar-refractivity contribution in [2.24, 2.45) is 5.11 Å². The van der Waals surface area contributed by atoms with Gasteiger partial charge in [-0.25, -0.2) is 4.79 Å². The second kappa shape index (κ2) is 8.69. The summed E-state index contributed by atoms with van der Waals surface area (Å²) in [4.78, 5) is 28.7. The number of hydrogen-bond acceptors (Lipinski definition) is 5. The normalized spacial score (nSPS) is 15.3. The van der Waals surface area contributed by atoms with Crippen LogP contribution in [0.1, 0.15) is 44.0 Å². The first-order chi connectivity index (χ1) is 12.3. The maximum atomic E-state index is 12.2. The van der Waals surface area contributed by atoms with Gasteiger partial charge in [-0.3, -0.25) is 4.79 Å². The molecule has 0 atom stereocenters. The van der Waals surface area contributed by atoms with Crippen LogP contribution in [0, 0.1) is 0 Å². The van der Waals surface area contributed by atoms with E-state index in [-0.39, 0.29) is 24.5 Å². The summed E-state index contributed by atoms with van der Waals surface area (Å²) in [7, 11) is 0. The van der Waals surface area contributed by atoms with Crippen LogP contribution in [-0.4, -0.2) is 48.1 Å². The fraction of sp³-hybridized carbons (Fsp3) is 0.556. The van der Waals surface area contributed by atoms with Crippen molar-refractivity contribution in [1.29, 1.82) is 0 Å². The van der Waals surface area contributed by atoms with Gasteiger partial charge in [-0.05, 0) is 39.1 Å². The van der Waals surface area contributed by atoms with Crippen molar-refractivity contribution in [3.8, 4) is 0 Å². The zero-order valence-electron chi connectivity index (χ0n) is 15.4. The van der Waals surface area contributed by atoms with Crippen LogP contribution in [0.15, 0.2) is 29.4 Å². The van der Waals surface area contributed by atoms with Crippen molar-refractivity contribution in [2.75, 3.05) is 19.6 Å². The first-order valence-corrected chi connectivity index (χ1v) is 8.68. The summed E-state index contributed by atoms with van der Waals surface area (Å²) in [6.45, 7) is 7.01. The molecule has 1 aromatic rings. The minimum Gasteiger partial charge on any atom is -0.444 e. The van der Waals surface area contributed by atoms with Crippen LogP contribution in [0.25, 0.3) is 10.4 Å². The van der Waals surface area contributed by atoms with Crippen LogP contribution in [0.4, 0.5) is 10.5 Å². The van der Waals surface area contributed by atoms with Crippen molar-refractivity contribution >= 4 is 17.6 Å². The number of likely N-dealkylation sites (tertiary alicyclic amines) is 1. The minimum atomic E-state index is -0.493. The topological polar surface area (TPSA) is 107 Å². The number of ketones is 1. The second-order valence-electron chi connectivity index (χ2n) is 7.28. The number of benzene rings is 1. The molecule has 26 heavy (non-hydrogen) atoms. The Balaban J connectivity index is 1.76. The molecule has 0 spiro atoms. The Labute approximate surface area is 153 Å². The van der Waals surface area contributed by atoms with E-state index in [2.05, 4.69) is 15.3 Å². The van der Waals surface area contributed by atoms with Gasteiger partial charge in [0.05, 0.1) is 6.54 Å². The van der Waals surface area contributed by atoms with Gasteiger partial charge in [0.15, 0.2) is 5.78 Å². The summed E-state index contributed by atoms with van der Waals surface area (Å²) in [6, 6.07) is 6.73. The smallest absolute Gasteiger partial charge is 0.410 e. The molecule has 2 rings (SSSR count). The monoisotopic (exact) mass is 359 g/mol. The predicted octanol–water partition coefficient (Wildman–Crippen LogP) is 3.80. The van der Waals surface area contributed by atoms with Gasteiger partial charge in [-0.1, -0.05) is 29.4 Å². The van der Waals surface area contributed by atoms with Crippen LogP contribution in [0.5, 0.6) is 0 Å². The standard InChI is InChI=1S/C18H25N5O3/c1-18(2,3)26-17(25)23-10-8-14(9-11-23)20-12-16(24)13-4-6-15(7-5-13)21-22-19/h4-7,14,20H,8-12H2,1-3H3. The summed E-state index contributed by atoms with van der Waals surface area (Å²) >= 11 is 0. The van der Waals surface area contributed by atoms with E-state index in [9.17, 15) is 9.59 Å². The number of Topliss-reactive ketones (excluding diaryl/α,β-unsaturated/α-hetero) is 1. The Kier molecular flexibility index (Phi) is 6.60. The van der Waals surface area contributed by atoms with Crippen LogP contribution in [-0.2, 0) is 4.74 Å². The lowest BCUT2D eigenvalue weighted by Gasteiger charge is -2.33. The van der Waals surface area contributed by atoms with Crippen molar-refractivity contribution in [2.45, 2.75) is 45.3 Å². The fourth-order valence-corrected chi connectivity index (χ4v) is 2.70. The zero-order chi connectivity index (χ0) is 19.2. The number of carbonyl (C=O) groups is 2. The summed E-state index contributed by atoms with van der Waals surface area (Å²) in [5.74, 6) is -0.0212. The highest BCUT2D eigenvalue weighted by Crippen LogP contribution is 2.16. The fourth-order valence-electron chi connectivity index (χ4n) is 2.70. The van der Waals surface area contributed by atoms with Crippen LogP contribution in [0.2, 0.25) is 0 Å². The Bertz CT molecular complexity index is 682. The third-order valence-corrected chi connectivity index (χ3v) is 4.05. The largest absolute Gasteiger partial charge is 0.444 e. The minimum absolute atomic E-state index is 0.0212. The van der Waals surface area contributed by atoms with Crippen molar-refractivity contribution in [3.05, 3.63) is 40.3 Å². The first-order valence-electron chi connectivity index (χ1n) is 8.68. The van der Waals surface area contributed by atoms with Gasteiger partial charge in [0, 0.05) is 35.3 Å². The third-order valence-electron chi connectivity index (χ3n) is 4.05. The molecule has 0 unspecified atom stereocenters. The number of nitrogens with one attached hydrogen (secondary N) is 1. The van der Waals surface area contributed by atoms with Crippen LogP contribution in [0.3, 0.4) is 0 Å². The van der Waals surface area contributed by atoms with Crippen LogP contribution >= 0.6 is 0 Å². The van der Waals surface area contributed by atoms with E-state index in [1.54, 1.807) is 29.2 Å². The lowest BCUT2D eigenvalue weighted by atomic mass is 10.0. The quantitative estimate of drug-likeness (QED) is 0.373. The van der Waals surface area contributed by atoms with E-state index < -0.39 is 5.60 Å². The molecule has 1 N–H and O–H groups in total. The van der Waals surface area contributed by atoms with Gasteiger partial charge in [0.2, 0.25) is 0 Å². The summed E-state index contributed by atoms with van der Waals surface area (Å²) in [5, 5.41) is 6.74. The Hall–Kier alpha value is -2.57. The van der Waals surface area contributed by atoms with Gasteiger partial charge < -0.3 is 15.0 Å². The van der Waals surface area contributed by atoms with E-state index in [4.69, 9.17) is 10.3 Å². The molecule has 1 saturated heterocycles. The summed E-state index contributed by atoms with van der Waals surface area (Å²) in [6.07, 6.45) is 1.28. The van der Waals surface area contributed by atoms with E-state index in [1.807, 2.05) is 20.8 Å². The highest BCUT2D eigenvalue weighted by Gasteiger charge is 2.26. The molecule has 1 aliphatic rings. The maximum absolute atomic E-state index is 12.2. The highest BCUT2D eigenvalue weighted by atomic mass is 16.6. The molecular weight excluding hydrogens is 334 g/mol. The number of carbonyl (C=O) groups excluding carboxylic acids is 2. The molecule has 8 nitrogen and oxygen atoms in total. The van der Waals surface area contributed by atoms with Crippen molar-refractivity contribution < 1.29 is 14.3 Å². The molecule has 0 saturated carbocycles. The van der Waals surface area contributed by atoms with E-state index in [0.717, 1.165) is 12.8 Å². The van der Waals surface area contributed by atoms with Gasteiger partial charge in [0.25, 0.3) is 0 Å². The van der Waals surface area contributed by atoms with Crippen molar-refractivity contribution in [3.63, 3.8) is 0 Å². The average molecular weight is 359 g/mol. The molecule has 8 heteroatoms. The van der Waals surface area contributed by atoms with Crippen LogP contribution < -0.4 is 5.32 Å². The summed E-state index contributed by atoms with van der Waals surface area (Å²) in [5.41, 5.74) is 8.94. The number of amides is 1. The molecule has 1 amide bonds. The van der Waals surface area contributed by atoms with E-state index in [0.29, 0.717) is 24.3 Å².